The highest BCUT2D eigenvalue weighted by Crippen LogP contribution is 2.23. The number of para-hydroxylation sites is 2. The van der Waals surface area contributed by atoms with Gasteiger partial charge in [0.15, 0.2) is 0 Å². The third kappa shape index (κ3) is 5.29. The lowest BCUT2D eigenvalue weighted by atomic mass is 10.3. The van der Waals surface area contributed by atoms with Gasteiger partial charge in [0.1, 0.15) is 5.75 Å². The van der Waals surface area contributed by atoms with Crippen molar-refractivity contribution in [1.29, 1.82) is 0 Å². The van der Waals surface area contributed by atoms with Crippen LogP contribution in [0.1, 0.15) is 13.8 Å². The first-order valence-corrected chi connectivity index (χ1v) is 6.20. The van der Waals surface area contributed by atoms with Gasteiger partial charge in [-0.3, -0.25) is 10.1 Å². The number of ether oxygens (including phenoxy) is 1. The molecule has 1 rings (SSSR count). The number of nitrogens with one attached hydrogen (secondary N) is 3. The maximum atomic E-state index is 11.5. The Morgan fingerprint density at radius 2 is 1.95 bits per heavy atom. The number of hydrogen-bond donors (Lipinski definition) is 3. The second kappa shape index (κ2) is 7.97. The Kier molecular flexibility index (Phi) is 6.21. The summed E-state index contributed by atoms with van der Waals surface area (Å²) >= 11 is 0. The minimum atomic E-state index is -0.493. The number of urea groups is 1. The van der Waals surface area contributed by atoms with Crippen LogP contribution in [0, 0.1) is 0 Å². The number of anilines is 1. The van der Waals surface area contributed by atoms with Gasteiger partial charge in [-0.15, -0.1) is 0 Å². The summed E-state index contributed by atoms with van der Waals surface area (Å²) in [4.78, 5) is 22.6. The number of carbonyl (C=O) groups excluding carboxylic acids is 2. The summed E-state index contributed by atoms with van der Waals surface area (Å²) in [6.45, 7) is 4.68. The normalized spacial score (nSPS) is 9.58. The van der Waals surface area contributed by atoms with Gasteiger partial charge in [-0.25, -0.2) is 4.79 Å². The van der Waals surface area contributed by atoms with Gasteiger partial charge >= 0.3 is 6.03 Å². The molecular formula is C13H19N3O3. The zero-order chi connectivity index (χ0) is 14.1. The summed E-state index contributed by atoms with van der Waals surface area (Å²) in [5.74, 6) is 0.271. The Labute approximate surface area is 112 Å². The largest absolute Gasteiger partial charge is 0.492 e. The second-order valence-corrected chi connectivity index (χ2v) is 3.69. The number of amides is 3. The molecule has 3 N–H and O–H groups in total. The molecule has 0 aliphatic rings. The van der Waals surface area contributed by atoms with E-state index in [1.54, 1.807) is 6.92 Å². The Morgan fingerprint density at radius 3 is 2.63 bits per heavy atom. The monoisotopic (exact) mass is 265 g/mol. The van der Waals surface area contributed by atoms with Crippen molar-refractivity contribution in [2.45, 2.75) is 13.8 Å². The molecule has 0 spiro atoms. The minimum absolute atomic E-state index is 0.00121. The second-order valence-electron chi connectivity index (χ2n) is 3.69. The molecule has 0 radical (unpaired) electrons. The van der Waals surface area contributed by atoms with Crippen LogP contribution < -0.4 is 20.7 Å². The highest BCUT2D eigenvalue weighted by molar-refractivity contribution is 5.96. The molecule has 104 valence electrons. The van der Waals surface area contributed by atoms with E-state index in [2.05, 4.69) is 16.0 Å². The fourth-order valence-corrected chi connectivity index (χ4v) is 1.45. The number of rotatable bonds is 6. The van der Waals surface area contributed by atoms with Crippen LogP contribution in [0.25, 0.3) is 0 Å². The maximum absolute atomic E-state index is 11.5. The highest BCUT2D eigenvalue weighted by Gasteiger charge is 2.07. The topological polar surface area (TPSA) is 79.5 Å². The molecule has 6 nitrogen and oxygen atoms in total. The van der Waals surface area contributed by atoms with Crippen LogP contribution in [-0.4, -0.2) is 31.6 Å². The predicted molar refractivity (Wildman–Crippen MR) is 73.3 cm³/mol. The first kappa shape index (κ1) is 14.8. The average Bonchev–Trinajstić information content (AvgIpc) is 2.38. The Morgan fingerprint density at radius 1 is 1.21 bits per heavy atom. The van der Waals surface area contributed by atoms with E-state index in [1.807, 2.05) is 31.2 Å². The molecule has 3 amide bonds. The molecule has 0 aliphatic carbocycles. The minimum Gasteiger partial charge on any atom is -0.492 e. The summed E-state index contributed by atoms with van der Waals surface area (Å²) < 4.78 is 5.42. The van der Waals surface area contributed by atoms with Crippen LogP contribution in [0.3, 0.4) is 0 Å². The van der Waals surface area contributed by atoms with Gasteiger partial charge in [0.2, 0.25) is 5.91 Å². The molecule has 0 saturated heterocycles. The first-order valence-electron chi connectivity index (χ1n) is 6.20. The molecule has 1 aromatic rings. The molecule has 0 saturated carbocycles. The van der Waals surface area contributed by atoms with Crippen LogP contribution in [0.2, 0.25) is 0 Å². The number of imide groups is 1. The summed E-state index contributed by atoms with van der Waals surface area (Å²) in [7, 11) is 0. The quantitative estimate of drug-likeness (QED) is 0.725. The van der Waals surface area contributed by atoms with Gasteiger partial charge in [-0.2, -0.15) is 0 Å². The summed E-state index contributed by atoms with van der Waals surface area (Å²) in [5.41, 5.74) is 0.718. The van der Waals surface area contributed by atoms with E-state index in [0.29, 0.717) is 18.9 Å². The van der Waals surface area contributed by atoms with Crippen molar-refractivity contribution in [3.8, 4) is 5.75 Å². The van der Waals surface area contributed by atoms with Crippen molar-refractivity contribution in [3.63, 3.8) is 0 Å². The van der Waals surface area contributed by atoms with E-state index in [9.17, 15) is 9.59 Å². The van der Waals surface area contributed by atoms with Crippen LogP contribution in [0.15, 0.2) is 24.3 Å². The van der Waals surface area contributed by atoms with Gasteiger partial charge in [0.25, 0.3) is 0 Å². The number of benzene rings is 1. The summed E-state index contributed by atoms with van der Waals surface area (Å²) in [6.07, 6.45) is 0. The van der Waals surface area contributed by atoms with Crippen molar-refractivity contribution >= 4 is 17.6 Å². The summed E-state index contributed by atoms with van der Waals surface area (Å²) in [6, 6.07) is 6.82. The van der Waals surface area contributed by atoms with Gasteiger partial charge in [0, 0.05) is 6.54 Å². The van der Waals surface area contributed by atoms with E-state index < -0.39 is 11.9 Å². The lowest BCUT2D eigenvalue weighted by molar-refractivity contribution is -0.118. The smallest absolute Gasteiger partial charge is 0.321 e. The molecule has 1 aromatic carbocycles. The fourth-order valence-electron chi connectivity index (χ4n) is 1.45. The van der Waals surface area contributed by atoms with Crippen molar-refractivity contribution in [3.05, 3.63) is 24.3 Å². The molecule has 0 unspecified atom stereocenters. The lowest BCUT2D eigenvalue weighted by Gasteiger charge is -2.11. The predicted octanol–water partition coefficient (Wildman–Crippen LogP) is 1.34. The molecule has 6 heteroatoms. The average molecular weight is 265 g/mol. The van der Waals surface area contributed by atoms with Crippen LogP contribution in [0.5, 0.6) is 5.75 Å². The number of carbonyl (C=O) groups is 2. The fraction of sp³-hybridized carbons (Fsp3) is 0.385. The summed E-state index contributed by atoms with van der Waals surface area (Å²) in [5, 5.41) is 7.62. The maximum Gasteiger partial charge on any atom is 0.321 e. The molecule has 0 aliphatic heterocycles. The molecule has 0 atom stereocenters. The Bertz CT molecular complexity index is 435. The standard InChI is InChI=1S/C13H19N3O3/c1-3-14-13(18)16-12(17)9-15-10-7-5-6-8-11(10)19-4-2/h5-8,15H,3-4,9H2,1-2H3,(H2,14,16,17,18). The van der Waals surface area contributed by atoms with E-state index in [1.165, 1.54) is 0 Å². The molecule has 0 aromatic heterocycles. The zero-order valence-electron chi connectivity index (χ0n) is 11.2. The van der Waals surface area contributed by atoms with Gasteiger partial charge in [-0.05, 0) is 26.0 Å². The van der Waals surface area contributed by atoms with Crippen molar-refractivity contribution < 1.29 is 14.3 Å². The highest BCUT2D eigenvalue weighted by atomic mass is 16.5. The molecular weight excluding hydrogens is 246 g/mol. The van der Waals surface area contributed by atoms with Crippen molar-refractivity contribution in [2.24, 2.45) is 0 Å². The number of hydrogen-bond acceptors (Lipinski definition) is 4. The van der Waals surface area contributed by atoms with E-state index in [0.717, 1.165) is 5.69 Å². The van der Waals surface area contributed by atoms with Crippen molar-refractivity contribution in [2.75, 3.05) is 25.0 Å². The van der Waals surface area contributed by atoms with Gasteiger partial charge in [-0.1, -0.05) is 12.1 Å². The molecule has 0 bridgehead atoms. The van der Waals surface area contributed by atoms with Crippen LogP contribution >= 0.6 is 0 Å². The van der Waals surface area contributed by atoms with Gasteiger partial charge in [0.05, 0.1) is 18.8 Å². The SMILES string of the molecule is CCNC(=O)NC(=O)CNc1ccccc1OCC. The Balaban J connectivity index is 2.48. The van der Waals surface area contributed by atoms with E-state index in [4.69, 9.17) is 4.74 Å². The zero-order valence-corrected chi connectivity index (χ0v) is 11.2. The molecule has 0 fully saturated rings. The third-order valence-corrected chi connectivity index (χ3v) is 2.22. The van der Waals surface area contributed by atoms with E-state index >= 15 is 0 Å². The molecule has 0 heterocycles. The molecule has 19 heavy (non-hydrogen) atoms. The van der Waals surface area contributed by atoms with Crippen LogP contribution in [0.4, 0.5) is 10.5 Å². The van der Waals surface area contributed by atoms with Crippen molar-refractivity contribution in [1.82, 2.24) is 10.6 Å². The van der Waals surface area contributed by atoms with E-state index in [-0.39, 0.29) is 6.54 Å². The lowest BCUT2D eigenvalue weighted by Crippen LogP contribution is -2.41. The van der Waals surface area contributed by atoms with Crippen LogP contribution in [-0.2, 0) is 4.79 Å². The first-order chi connectivity index (χ1) is 9.17. The third-order valence-electron chi connectivity index (χ3n) is 2.22. The Hall–Kier alpha value is -2.24. The van der Waals surface area contributed by atoms with Gasteiger partial charge < -0.3 is 15.4 Å².